The van der Waals surface area contributed by atoms with E-state index < -0.39 is 4.92 Å². The molecule has 0 radical (unpaired) electrons. The molecular weight excluding hydrogens is 264 g/mol. The van der Waals surface area contributed by atoms with Crippen LogP contribution in [0.2, 0.25) is 4.34 Å². The molecule has 0 unspecified atom stereocenters. The number of hydrogen-bond acceptors (Lipinski definition) is 4. The van der Waals surface area contributed by atoms with Gasteiger partial charge in [-0.3, -0.25) is 14.9 Å². The molecule has 1 heterocycles. The summed E-state index contributed by atoms with van der Waals surface area (Å²) in [7, 11) is 0. The van der Waals surface area contributed by atoms with E-state index in [-0.39, 0.29) is 20.8 Å². The molecule has 17 heavy (non-hydrogen) atoms. The Morgan fingerprint density at radius 1 is 1.65 bits per heavy atom. The van der Waals surface area contributed by atoms with Gasteiger partial charge < -0.3 is 5.32 Å². The second kappa shape index (κ2) is 5.97. The van der Waals surface area contributed by atoms with Gasteiger partial charge in [-0.05, 0) is 12.3 Å². The summed E-state index contributed by atoms with van der Waals surface area (Å²) in [5, 5.41) is 13.3. The fourth-order valence-corrected chi connectivity index (χ4v) is 2.30. The van der Waals surface area contributed by atoms with Gasteiger partial charge in [-0.15, -0.1) is 11.3 Å². The van der Waals surface area contributed by atoms with Crippen LogP contribution >= 0.6 is 22.9 Å². The zero-order valence-corrected chi connectivity index (χ0v) is 11.1. The van der Waals surface area contributed by atoms with Crippen LogP contribution < -0.4 is 5.32 Å². The maximum atomic E-state index is 11.6. The lowest BCUT2D eigenvalue weighted by molar-refractivity contribution is -0.384. The van der Waals surface area contributed by atoms with Gasteiger partial charge in [-0.2, -0.15) is 0 Å². The van der Waals surface area contributed by atoms with Gasteiger partial charge in [0, 0.05) is 12.6 Å². The lowest BCUT2D eigenvalue weighted by atomic mass is 10.1. The van der Waals surface area contributed by atoms with Crippen molar-refractivity contribution in [2.75, 3.05) is 6.54 Å². The van der Waals surface area contributed by atoms with E-state index >= 15 is 0 Å². The molecule has 0 fully saturated rings. The third kappa shape index (κ3) is 3.98. The van der Waals surface area contributed by atoms with Crippen molar-refractivity contribution in [2.45, 2.75) is 20.3 Å². The van der Waals surface area contributed by atoms with Crippen LogP contribution in [0.15, 0.2) is 6.07 Å². The summed E-state index contributed by atoms with van der Waals surface area (Å²) in [6.45, 7) is 4.66. The van der Waals surface area contributed by atoms with Crippen LogP contribution in [0.25, 0.3) is 0 Å². The van der Waals surface area contributed by atoms with Gasteiger partial charge in [0.25, 0.3) is 11.6 Å². The van der Waals surface area contributed by atoms with Gasteiger partial charge in [-0.1, -0.05) is 25.4 Å². The highest BCUT2D eigenvalue weighted by molar-refractivity contribution is 7.18. The SMILES string of the molecule is CC(C)CCNC(=O)c1cc([N+](=O)[O-])c(Cl)s1. The minimum atomic E-state index is -0.594. The molecule has 5 nitrogen and oxygen atoms in total. The van der Waals surface area contributed by atoms with Crippen molar-refractivity contribution in [1.82, 2.24) is 5.32 Å². The Bertz CT molecular complexity index is 431. The van der Waals surface area contributed by atoms with Crippen molar-refractivity contribution in [3.63, 3.8) is 0 Å². The molecule has 1 N–H and O–H groups in total. The van der Waals surface area contributed by atoms with Crippen LogP contribution in [0.1, 0.15) is 29.9 Å². The van der Waals surface area contributed by atoms with E-state index in [0.29, 0.717) is 12.5 Å². The quantitative estimate of drug-likeness (QED) is 0.663. The Labute approximate surface area is 108 Å². The van der Waals surface area contributed by atoms with E-state index in [9.17, 15) is 14.9 Å². The Balaban J connectivity index is 2.64. The van der Waals surface area contributed by atoms with Crippen molar-refractivity contribution in [2.24, 2.45) is 5.92 Å². The fraction of sp³-hybridized carbons (Fsp3) is 0.500. The Hall–Kier alpha value is -1.14. The van der Waals surface area contributed by atoms with E-state index in [1.54, 1.807) is 0 Å². The summed E-state index contributed by atoms with van der Waals surface area (Å²) in [4.78, 5) is 21.9. The molecule has 94 valence electrons. The van der Waals surface area contributed by atoms with E-state index in [1.165, 1.54) is 6.07 Å². The first-order valence-electron chi connectivity index (χ1n) is 5.13. The third-order valence-corrected chi connectivity index (χ3v) is 3.43. The summed E-state index contributed by atoms with van der Waals surface area (Å²) in [5.74, 6) is 0.183. The van der Waals surface area contributed by atoms with E-state index in [4.69, 9.17) is 11.6 Å². The van der Waals surface area contributed by atoms with Crippen molar-refractivity contribution in [3.8, 4) is 0 Å². The number of nitrogens with one attached hydrogen (secondary N) is 1. The van der Waals surface area contributed by atoms with Gasteiger partial charge in [0.1, 0.15) is 4.88 Å². The van der Waals surface area contributed by atoms with Gasteiger partial charge >= 0.3 is 0 Å². The van der Waals surface area contributed by atoms with Gasteiger partial charge in [0.2, 0.25) is 0 Å². The molecule has 0 aromatic carbocycles. The molecule has 0 aliphatic carbocycles. The van der Waals surface area contributed by atoms with Gasteiger partial charge in [0.05, 0.1) is 4.92 Å². The predicted molar refractivity (Wildman–Crippen MR) is 67.8 cm³/mol. The summed E-state index contributed by atoms with van der Waals surface area (Å²) >= 11 is 6.59. The lowest BCUT2D eigenvalue weighted by Gasteiger charge is -2.05. The Morgan fingerprint density at radius 2 is 2.29 bits per heavy atom. The second-order valence-corrected chi connectivity index (χ2v) is 5.62. The van der Waals surface area contributed by atoms with Crippen molar-refractivity contribution < 1.29 is 9.72 Å². The van der Waals surface area contributed by atoms with Crippen molar-refractivity contribution in [3.05, 3.63) is 25.4 Å². The minimum Gasteiger partial charge on any atom is -0.351 e. The molecule has 0 bridgehead atoms. The Morgan fingerprint density at radius 3 is 2.76 bits per heavy atom. The molecule has 0 saturated carbocycles. The summed E-state index contributed by atoms with van der Waals surface area (Å²) in [6, 6.07) is 1.21. The normalized spacial score (nSPS) is 10.6. The van der Waals surface area contributed by atoms with Crippen LogP contribution in [0.5, 0.6) is 0 Å². The van der Waals surface area contributed by atoms with Gasteiger partial charge in [-0.25, -0.2) is 0 Å². The second-order valence-electron chi connectivity index (χ2n) is 3.97. The molecule has 1 aromatic rings. The van der Waals surface area contributed by atoms with E-state index in [1.807, 2.05) is 0 Å². The van der Waals surface area contributed by atoms with Crippen molar-refractivity contribution >= 4 is 34.5 Å². The molecule has 0 aliphatic heterocycles. The van der Waals surface area contributed by atoms with Crippen LogP contribution in [0.4, 0.5) is 5.69 Å². The fourth-order valence-electron chi connectivity index (χ4n) is 1.16. The topological polar surface area (TPSA) is 72.2 Å². The zero-order valence-electron chi connectivity index (χ0n) is 9.53. The first kappa shape index (κ1) is 13.9. The van der Waals surface area contributed by atoms with Crippen LogP contribution in [-0.4, -0.2) is 17.4 Å². The number of amides is 1. The number of nitro groups is 1. The van der Waals surface area contributed by atoms with E-state index in [0.717, 1.165) is 17.8 Å². The lowest BCUT2D eigenvalue weighted by Crippen LogP contribution is -2.24. The number of carbonyl (C=O) groups excluding carboxylic acids is 1. The molecule has 1 aromatic heterocycles. The molecule has 1 amide bonds. The van der Waals surface area contributed by atoms with Gasteiger partial charge in [0.15, 0.2) is 4.34 Å². The molecular formula is C10H13ClN2O3S. The molecule has 7 heteroatoms. The summed E-state index contributed by atoms with van der Waals surface area (Å²) in [6.07, 6.45) is 0.868. The maximum absolute atomic E-state index is 11.6. The highest BCUT2D eigenvalue weighted by atomic mass is 35.5. The molecule has 0 atom stereocenters. The summed E-state index contributed by atoms with van der Waals surface area (Å²) < 4.78 is 0.0315. The number of carbonyl (C=O) groups is 1. The molecule has 1 rings (SSSR count). The third-order valence-electron chi connectivity index (χ3n) is 2.10. The minimum absolute atomic E-state index is 0.0315. The number of halogens is 1. The highest BCUT2D eigenvalue weighted by Gasteiger charge is 2.20. The predicted octanol–water partition coefficient (Wildman–Crippen LogP) is 3.09. The first-order chi connectivity index (χ1) is 7.91. The number of rotatable bonds is 5. The van der Waals surface area contributed by atoms with Crippen LogP contribution in [-0.2, 0) is 0 Å². The largest absolute Gasteiger partial charge is 0.351 e. The average Bonchev–Trinajstić information content (AvgIpc) is 2.59. The summed E-state index contributed by atoms with van der Waals surface area (Å²) in [5.41, 5.74) is -0.217. The molecule has 0 aliphatic rings. The van der Waals surface area contributed by atoms with E-state index in [2.05, 4.69) is 19.2 Å². The smallest absolute Gasteiger partial charge is 0.299 e. The monoisotopic (exact) mass is 276 g/mol. The highest BCUT2D eigenvalue weighted by Crippen LogP contribution is 2.33. The number of thiophene rings is 1. The van der Waals surface area contributed by atoms with Crippen molar-refractivity contribution in [1.29, 1.82) is 0 Å². The first-order valence-corrected chi connectivity index (χ1v) is 6.33. The van der Waals surface area contributed by atoms with Crippen LogP contribution in [0, 0.1) is 16.0 Å². The Kier molecular flexibility index (Phi) is 4.89. The molecule has 0 saturated heterocycles. The van der Waals surface area contributed by atoms with Crippen LogP contribution in [0.3, 0.4) is 0 Å². The average molecular weight is 277 g/mol. The zero-order chi connectivity index (χ0) is 13.0. The standard InChI is InChI=1S/C10H13ClN2O3S/c1-6(2)3-4-12-10(14)8-5-7(13(15)16)9(11)17-8/h5-6H,3-4H2,1-2H3,(H,12,14). The number of nitrogens with zero attached hydrogens (tertiary/aromatic N) is 1. The maximum Gasteiger partial charge on any atom is 0.299 e. The molecule has 0 spiro atoms. The number of hydrogen-bond donors (Lipinski definition) is 1.